The third-order valence-corrected chi connectivity index (χ3v) is 4.80. The van der Waals surface area contributed by atoms with Crippen molar-refractivity contribution in [3.8, 4) is 0 Å². The van der Waals surface area contributed by atoms with Crippen LogP contribution in [0.5, 0.6) is 0 Å². The third-order valence-electron chi connectivity index (χ3n) is 4.80. The molecule has 0 N–H and O–H groups in total. The lowest BCUT2D eigenvalue weighted by molar-refractivity contribution is 0.128. The van der Waals surface area contributed by atoms with E-state index in [1.54, 1.807) is 11.9 Å². The first kappa shape index (κ1) is 16.1. The molecule has 1 amide bonds. The van der Waals surface area contributed by atoms with Crippen LogP contribution in [0.15, 0.2) is 30.3 Å². The minimum atomic E-state index is -0.174. The SMILES string of the molecule is CN1C[C@H](CCCCN2CCN(c3ccccc3)CC2)OC1=O. The number of nitrogens with zero attached hydrogens (tertiary/aromatic N) is 3. The van der Waals surface area contributed by atoms with Crippen molar-refractivity contribution in [1.29, 1.82) is 0 Å². The fourth-order valence-electron chi connectivity index (χ4n) is 3.38. The molecule has 2 fully saturated rings. The van der Waals surface area contributed by atoms with Crippen molar-refractivity contribution in [1.82, 2.24) is 9.80 Å². The molecule has 1 aromatic rings. The van der Waals surface area contributed by atoms with E-state index in [1.165, 1.54) is 12.1 Å². The van der Waals surface area contributed by atoms with E-state index in [4.69, 9.17) is 4.74 Å². The molecule has 126 valence electrons. The molecule has 5 heteroatoms. The van der Waals surface area contributed by atoms with Crippen molar-refractivity contribution in [2.75, 3.05) is 51.2 Å². The fraction of sp³-hybridized carbons (Fsp3) is 0.611. The van der Waals surface area contributed by atoms with Crippen LogP contribution in [0, 0.1) is 0 Å². The van der Waals surface area contributed by atoms with Crippen molar-refractivity contribution in [3.05, 3.63) is 30.3 Å². The number of anilines is 1. The molecule has 2 saturated heterocycles. The van der Waals surface area contributed by atoms with Gasteiger partial charge in [-0.1, -0.05) is 18.2 Å². The Morgan fingerprint density at radius 3 is 2.48 bits per heavy atom. The minimum Gasteiger partial charge on any atom is -0.444 e. The van der Waals surface area contributed by atoms with Gasteiger partial charge in [0, 0.05) is 38.9 Å². The molecule has 2 aliphatic rings. The highest BCUT2D eigenvalue weighted by Gasteiger charge is 2.27. The summed E-state index contributed by atoms with van der Waals surface area (Å²) in [5.74, 6) is 0. The molecule has 2 heterocycles. The van der Waals surface area contributed by atoms with Crippen molar-refractivity contribution in [3.63, 3.8) is 0 Å². The van der Waals surface area contributed by atoms with E-state index in [0.29, 0.717) is 0 Å². The summed E-state index contributed by atoms with van der Waals surface area (Å²) in [5, 5.41) is 0. The zero-order valence-electron chi connectivity index (χ0n) is 14.0. The highest BCUT2D eigenvalue weighted by atomic mass is 16.6. The fourth-order valence-corrected chi connectivity index (χ4v) is 3.38. The molecule has 0 radical (unpaired) electrons. The summed E-state index contributed by atoms with van der Waals surface area (Å²) >= 11 is 0. The van der Waals surface area contributed by atoms with Crippen LogP contribution < -0.4 is 4.90 Å². The average molecular weight is 317 g/mol. The first-order valence-electron chi connectivity index (χ1n) is 8.66. The normalized spacial score (nSPS) is 22.5. The number of hydrogen-bond donors (Lipinski definition) is 0. The van der Waals surface area contributed by atoms with Crippen LogP contribution in [0.4, 0.5) is 10.5 Å². The molecule has 3 rings (SSSR count). The number of carbonyl (C=O) groups is 1. The minimum absolute atomic E-state index is 0.0995. The van der Waals surface area contributed by atoms with Gasteiger partial charge >= 0.3 is 6.09 Å². The number of rotatable bonds is 6. The number of likely N-dealkylation sites (N-methyl/N-ethyl adjacent to an activating group) is 1. The van der Waals surface area contributed by atoms with Crippen molar-refractivity contribution in [2.45, 2.75) is 25.4 Å². The van der Waals surface area contributed by atoms with Crippen molar-refractivity contribution < 1.29 is 9.53 Å². The Morgan fingerprint density at radius 2 is 1.83 bits per heavy atom. The summed E-state index contributed by atoms with van der Waals surface area (Å²) in [6, 6.07) is 10.7. The van der Waals surface area contributed by atoms with Crippen LogP contribution in [0.3, 0.4) is 0 Å². The van der Waals surface area contributed by atoms with E-state index in [0.717, 1.165) is 52.1 Å². The Hall–Kier alpha value is -1.75. The maximum absolute atomic E-state index is 11.3. The summed E-state index contributed by atoms with van der Waals surface area (Å²) in [6.45, 7) is 6.38. The van der Waals surface area contributed by atoms with Crippen LogP contribution in [-0.4, -0.2) is 68.3 Å². The third kappa shape index (κ3) is 4.38. The highest BCUT2D eigenvalue weighted by molar-refractivity contribution is 5.69. The van der Waals surface area contributed by atoms with Crippen LogP contribution in [0.1, 0.15) is 19.3 Å². The molecule has 0 spiro atoms. The smallest absolute Gasteiger partial charge is 0.409 e. The highest BCUT2D eigenvalue weighted by Crippen LogP contribution is 2.17. The number of unbranched alkanes of at least 4 members (excludes halogenated alkanes) is 1. The number of carbonyl (C=O) groups excluding carboxylic acids is 1. The summed E-state index contributed by atoms with van der Waals surface area (Å²) in [7, 11) is 1.80. The van der Waals surface area contributed by atoms with Crippen molar-refractivity contribution >= 4 is 11.8 Å². The van der Waals surface area contributed by atoms with Crippen molar-refractivity contribution in [2.24, 2.45) is 0 Å². The Balaban J connectivity index is 1.30. The maximum atomic E-state index is 11.3. The second-order valence-electron chi connectivity index (χ2n) is 6.55. The van der Waals surface area contributed by atoms with E-state index >= 15 is 0 Å². The maximum Gasteiger partial charge on any atom is 0.409 e. The quantitative estimate of drug-likeness (QED) is 0.755. The molecule has 5 nitrogen and oxygen atoms in total. The van der Waals surface area contributed by atoms with Crippen LogP contribution in [0.2, 0.25) is 0 Å². The van der Waals surface area contributed by atoms with Gasteiger partial charge in [-0.25, -0.2) is 4.79 Å². The molecule has 0 bridgehead atoms. The van der Waals surface area contributed by atoms with Gasteiger partial charge in [-0.2, -0.15) is 0 Å². The summed E-state index contributed by atoms with van der Waals surface area (Å²) in [6.07, 6.45) is 3.22. The lowest BCUT2D eigenvalue weighted by Crippen LogP contribution is -2.46. The average Bonchev–Trinajstić information content (AvgIpc) is 2.91. The number of ether oxygens (including phenoxy) is 1. The summed E-state index contributed by atoms with van der Waals surface area (Å²) in [4.78, 5) is 18.0. The van der Waals surface area contributed by atoms with Crippen LogP contribution >= 0.6 is 0 Å². The van der Waals surface area contributed by atoms with Crippen LogP contribution in [-0.2, 0) is 4.74 Å². The van der Waals surface area contributed by atoms with Crippen LogP contribution in [0.25, 0.3) is 0 Å². The molecule has 0 aliphatic carbocycles. The van der Waals surface area contributed by atoms with E-state index in [9.17, 15) is 4.79 Å². The molecule has 0 saturated carbocycles. The zero-order valence-corrected chi connectivity index (χ0v) is 14.0. The Morgan fingerprint density at radius 1 is 1.09 bits per heavy atom. The summed E-state index contributed by atoms with van der Waals surface area (Å²) in [5.41, 5.74) is 1.33. The lowest BCUT2D eigenvalue weighted by atomic mass is 10.1. The number of hydrogen-bond acceptors (Lipinski definition) is 4. The van der Waals surface area contributed by atoms with Gasteiger partial charge < -0.3 is 14.5 Å². The van der Waals surface area contributed by atoms with Gasteiger partial charge in [-0.05, 0) is 37.9 Å². The monoisotopic (exact) mass is 317 g/mol. The van der Waals surface area contributed by atoms with Gasteiger partial charge in [-0.15, -0.1) is 0 Å². The van der Waals surface area contributed by atoms with Gasteiger partial charge in [0.1, 0.15) is 6.10 Å². The first-order chi connectivity index (χ1) is 11.2. The molecule has 23 heavy (non-hydrogen) atoms. The second kappa shape index (κ2) is 7.68. The van der Waals surface area contributed by atoms with E-state index in [1.807, 2.05) is 0 Å². The number of benzene rings is 1. The number of amides is 1. The molecule has 1 aromatic carbocycles. The summed E-state index contributed by atoms with van der Waals surface area (Å²) < 4.78 is 5.30. The van der Waals surface area contributed by atoms with E-state index in [2.05, 4.69) is 40.1 Å². The molecule has 0 aromatic heterocycles. The predicted octanol–water partition coefficient (Wildman–Crippen LogP) is 2.43. The largest absolute Gasteiger partial charge is 0.444 e. The molecular formula is C18H27N3O2. The van der Waals surface area contributed by atoms with Gasteiger partial charge in [0.15, 0.2) is 0 Å². The second-order valence-corrected chi connectivity index (χ2v) is 6.55. The van der Waals surface area contributed by atoms with Gasteiger partial charge in [0.25, 0.3) is 0 Å². The first-order valence-corrected chi connectivity index (χ1v) is 8.66. The molecule has 0 unspecified atom stereocenters. The molecule has 1 atom stereocenters. The zero-order chi connectivity index (χ0) is 16.1. The van der Waals surface area contributed by atoms with Gasteiger partial charge in [0.2, 0.25) is 0 Å². The van der Waals surface area contributed by atoms with E-state index < -0.39 is 0 Å². The number of cyclic esters (lactones) is 1. The lowest BCUT2D eigenvalue weighted by Gasteiger charge is -2.36. The predicted molar refractivity (Wildman–Crippen MR) is 91.8 cm³/mol. The number of para-hydroxylation sites is 1. The Labute approximate surface area is 138 Å². The molecular weight excluding hydrogens is 290 g/mol. The van der Waals surface area contributed by atoms with Gasteiger partial charge in [0.05, 0.1) is 6.54 Å². The van der Waals surface area contributed by atoms with Gasteiger partial charge in [-0.3, -0.25) is 4.90 Å². The Bertz CT molecular complexity index is 500. The standard InChI is InChI=1S/C18H27N3O2/c1-19-15-17(23-18(19)22)9-5-6-10-20-11-13-21(14-12-20)16-7-3-2-4-8-16/h2-4,7-8,17H,5-6,9-15H2,1H3/t17-/m0/s1. The molecule has 2 aliphatic heterocycles. The topological polar surface area (TPSA) is 36.0 Å². The number of piperazine rings is 1. The Kier molecular flexibility index (Phi) is 5.39. The van der Waals surface area contributed by atoms with E-state index in [-0.39, 0.29) is 12.2 Å².